The molecule has 0 saturated carbocycles. The first kappa shape index (κ1) is 24.5. The third-order valence-corrected chi connectivity index (χ3v) is 6.57. The molecule has 1 aliphatic rings. The lowest BCUT2D eigenvalue weighted by atomic mass is 9.90. The standard InChI is InChI=1S/C23H37ClN4O2/c1-6-28(20-7-8-25-13-20)22-11-19(24)10-21(18(22)5)23(30)26-12-16(3)15(2)9-17(4)27-14-29/h10-11,14-17,20,25H,6-9,12-13H2,1-5H3,(H,26,30)(H,27,29). The average molecular weight is 437 g/mol. The maximum atomic E-state index is 13.0. The Morgan fingerprint density at radius 3 is 2.67 bits per heavy atom. The maximum Gasteiger partial charge on any atom is 0.251 e. The first-order valence-corrected chi connectivity index (χ1v) is 11.4. The number of halogens is 1. The van der Waals surface area contributed by atoms with Crippen LogP contribution in [0.25, 0.3) is 0 Å². The second-order valence-electron chi connectivity index (χ2n) is 8.62. The summed E-state index contributed by atoms with van der Waals surface area (Å²) in [6, 6.07) is 4.28. The van der Waals surface area contributed by atoms with E-state index in [1.807, 2.05) is 19.9 Å². The van der Waals surface area contributed by atoms with Crippen LogP contribution in [-0.4, -0.2) is 50.6 Å². The number of nitrogens with zero attached hydrogens (tertiary/aromatic N) is 1. The number of likely N-dealkylation sites (N-methyl/N-ethyl adjacent to an activating group) is 1. The molecule has 0 spiro atoms. The van der Waals surface area contributed by atoms with Gasteiger partial charge in [0.15, 0.2) is 0 Å². The van der Waals surface area contributed by atoms with Gasteiger partial charge in [-0.1, -0.05) is 25.4 Å². The first-order valence-electron chi connectivity index (χ1n) is 11.0. The molecule has 1 aromatic carbocycles. The molecule has 30 heavy (non-hydrogen) atoms. The van der Waals surface area contributed by atoms with Crippen LogP contribution in [0, 0.1) is 18.8 Å². The van der Waals surface area contributed by atoms with Gasteiger partial charge in [-0.05, 0) is 69.7 Å². The summed E-state index contributed by atoms with van der Waals surface area (Å²) >= 11 is 6.42. The molecule has 4 unspecified atom stereocenters. The molecular weight excluding hydrogens is 400 g/mol. The van der Waals surface area contributed by atoms with Crippen molar-refractivity contribution in [2.24, 2.45) is 11.8 Å². The van der Waals surface area contributed by atoms with Crippen LogP contribution < -0.4 is 20.9 Å². The summed E-state index contributed by atoms with van der Waals surface area (Å²) in [5.74, 6) is 0.574. The highest BCUT2D eigenvalue weighted by Crippen LogP contribution is 2.30. The molecular formula is C23H37ClN4O2. The highest BCUT2D eigenvalue weighted by Gasteiger charge is 2.25. The monoisotopic (exact) mass is 436 g/mol. The minimum atomic E-state index is -0.0880. The molecule has 2 rings (SSSR count). The van der Waals surface area contributed by atoms with Crippen LogP contribution in [0.15, 0.2) is 12.1 Å². The third-order valence-electron chi connectivity index (χ3n) is 6.35. The number of nitrogens with one attached hydrogen (secondary N) is 3. The van der Waals surface area contributed by atoms with Crippen molar-refractivity contribution in [3.05, 3.63) is 28.3 Å². The first-order chi connectivity index (χ1) is 14.3. The van der Waals surface area contributed by atoms with Crippen molar-refractivity contribution < 1.29 is 9.59 Å². The van der Waals surface area contributed by atoms with E-state index < -0.39 is 0 Å². The van der Waals surface area contributed by atoms with E-state index in [2.05, 4.69) is 41.6 Å². The van der Waals surface area contributed by atoms with E-state index in [0.29, 0.717) is 35.0 Å². The van der Waals surface area contributed by atoms with Gasteiger partial charge >= 0.3 is 0 Å². The van der Waals surface area contributed by atoms with E-state index in [1.54, 1.807) is 6.07 Å². The largest absolute Gasteiger partial charge is 0.367 e. The molecule has 3 N–H and O–H groups in total. The second kappa shape index (κ2) is 11.6. The van der Waals surface area contributed by atoms with Crippen molar-refractivity contribution in [1.29, 1.82) is 0 Å². The van der Waals surface area contributed by atoms with Gasteiger partial charge in [-0.15, -0.1) is 0 Å². The number of benzene rings is 1. The molecule has 2 amide bonds. The van der Waals surface area contributed by atoms with Crippen molar-refractivity contribution in [3.8, 4) is 0 Å². The molecule has 6 nitrogen and oxygen atoms in total. The molecule has 1 aliphatic heterocycles. The summed E-state index contributed by atoms with van der Waals surface area (Å²) in [6.07, 6.45) is 2.70. The second-order valence-corrected chi connectivity index (χ2v) is 9.05. The Morgan fingerprint density at radius 1 is 1.33 bits per heavy atom. The Morgan fingerprint density at radius 2 is 2.07 bits per heavy atom. The van der Waals surface area contributed by atoms with Gasteiger partial charge in [-0.2, -0.15) is 0 Å². The lowest BCUT2D eigenvalue weighted by Gasteiger charge is -2.31. The van der Waals surface area contributed by atoms with E-state index in [-0.39, 0.29) is 11.9 Å². The quantitative estimate of drug-likeness (QED) is 0.465. The Bertz CT molecular complexity index is 721. The number of hydrogen-bond acceptors (Lipinski definition) is 4. The van der Waals surface area contributed by atoms with Crippen LogP contribution in [-0.2, 0) is 4.79 Å². The van der Waals surface area contributed by atoms with Crippen molar-refractivity contribution in [2.75, 3.05) is 31.1 Å². The van der Waals surface area contributed by atoms with Crippen molar-refractivity contribution in [1.82, 2.24) is 16.0 Å². The van der Waals surface area contributed by atoms with Gasteiger partial charge in [0, 0.05) is 48.0 Å². The van der Waals surface area contributed by atoms with E-state index in [0.717, 1.165) is 50.1 Å². The molecule has 0 aromatic heterocycles. The predicted octanol–water partition coefficient (Wildman–Crippen LogP) is 3.36. The lowest BCUT2D eigenvalue weighted by molar-refractivity contribution is -0.110. The fourth-order valence-corrected chi connectivity index (χ4v) is 4.47. The van der Waals surface area contributed by atoms with Gasteiger partial charge in [0.1, 0.15) is 0 Å². The summed E-state index contributed by atoms with van der Waals surface area (Å²) in [5, 5.41) is 9.88. The number of carbonyl (C=O) groups excluding carboxylic acids is 2. The molecule has 1 fully saturated rings. The fourth-order valence-electron chi connectivity index (χ4n) is 4.25. The average Bonchev–Trinajstić information content (AvgIpc) is 3.23. The molecule has 0 aliphatic carbocycles. The van der Waals surface area contributed by atoms with E-state index >= 15 is 0 Å². The summed E-state index contributed by atoms with van der Waals surface area (Å²) < 4.78 is 0. The predicted molar refractivity (Wildman–Crippen MR) is 124 cm³/mol. The van der Waals surface area contributed by atoms with Gasteiger partial charge < -0.3 is 20.9 Å². The van der Waals surface area contributed by atoms with Crippen LogP contribution in [0.1, 0.15) is 56.5 Å². The van der Waals surface area contributed by atoms with Crippen LogP contribution in [0.2, 0.25) is 5.02 Å². The van der Waals surface area contributed by atoms with E-state index in [4.69, 9.17) is 11.6 Å². The summed E-state index contributed by atoms with van der Waals surface area (Å²) in [6.45, 7) is 13.8. The number of amides is 2. The molecule has 1 heterocycles. The van der Waals surface area contributed by atoms with Crippen molar-refractivity contribution >= 4 is 29.6 Å². The molecule has 1 saturated heterocycles. The van der Waals surface area contributed by atoms with Crippen molar-refractivity contribution in [3.63, 3.8) is 0 Å². The Labute approximate surface area is 186 Å². The van der Waals surface area contributed by atoms with Gasteiger partial charge in [-0.25, -0.2) is 0 Å². The molecule has 168 valence electrons. The SMILES string of the molecule is CCN(c1cc(Cl)cc(C(=O)NCC(C)C(C)CC(C)NC=O)c1C)C1CCNC1. The zero-order valence-corrected chi connectivity index (χ0v) is 19.7. The fraction of sp³-hybridized carbons (Fsp3) is 0.652. The summed E-state index contributed by atoms with van der Waals surface area (Å²) in [4.78, 5) is 25.9. The van der Waals surface area contributed by atoms with Gasteiger partial charge in [-0.3, -0.25) is 9.59 Å². The van der Waals surface area contributed by atoms with Crippen LogP contribution in [0.3, 0.4) is 0 Å². The number of hydrogen-bond donors (Lipinski definition) is 3. The molecule has 4 atom stereocenters. The Kier molecular flexibility index (Phi) is 9.43. The topological polar surface area (TPSA) is 73.5 Å². The van der Waals surface area contributed by atoms with Crippen LogP contribution in [0.5, 0.6) is 0 Å². The Hall–Kier alpha value is -1.79. The van der Waals surface area contributed by atoms with Crippen LogP contribution >= 0.6 is 11.6 Å². The highest BCUT2D eigenvalue weighted by molar-refractivity contribution is 6.31. The van der Waals surface area contributed by atoms with Gasteiger partial charge in [0.2, 0.25) is 6.41 Å². The highest BCUT2D eigenvalue weighted by atomic mass is 35.5. The Balaban J connectivity index is 2.08. The van der Waals surface area contributed by atoms with E-state index in [1.165, 1.54) is 0 Å². The molecule has 7 heteroatoms. The molecule has 0 bridgehead atoms. The number of anilines is 1. The normalized spacial score (nSPS) is 19.1. The molecule has 0 radical (unpaired) electrons. The minimum Gasteiger partial charge on any atom is -0.367 e. The zero-order valence-electron chi connectivity index (χ0n) is 18.9. The maximum absolute atomic E-state index is 13.0. The minimum absolute atomic E-state index is 0.0880. The summed E-state index contributed by atoms with van der Waals surface area (Å²) in [7, 11) is 0. The molecule has 1 aromatic rings. The van der Waals surface area contributed by atoms with Gasteiger partial charge in [0.25, 0.3) is 5.91 Å². The van der Waals surface area contributed by atoms with E-state index in [9.17, 15) is 9.59 Å². The summed E-state index contributed by atoms with van der Waals surface area (Å²) in [5.41, 5.74) is 2.65. The van der Waals surface area contributed by atoms with Crippen molar-refractivity contribution in [2.45, 2.75) is 59.5 Å². The smallest absolute Gasteiger partial charge is 0.251 e. The van der Waals surface area contributed by atoms with Gasteiger partial charge in [0.05, 0.1) is 0 Å². The zero-order chi connectivity index (χ0) is 22.3. The lowest BCUT2D eigenvalue weighted by Crippen LogP contribution is -2.38. The number of rotatable bonds is 11. The van der Waals surface area contributed by atoms with Crippen LogP contribution in [0.4, 0.5) is 5.69 Å². The third kappa shape index (κ3) is 6.35. The number of carbonyl (C=O) groups is 2.